The fourth-order valence-electron chi connectivity index (χ4n) is 0.888. The van der Waals surface area contributed by atoms with Crippen molar-refractivity contribution in [3.63, 3.8) is 0 Å². The molecule has 66 valence electrons. The molecule has 1 rings (SSSR count). The predicted molar refractivity (Wildman–Crippen MR) is 61.5 cm³/mol. The maximum absolute atomic E-state index is 5.97. The van der Waals surface area contributed by atoms with Gasteiger partial charge in [0, 0.05) is 15.3 Å². The van der Waals surface area contributed by atoms with Crippen molar-refractivity contribution in [1.29, 1.82) is 0 Å². The van der Waals surface area contributed by atoms with Gasteiger partial charge in [-0.25, -0.2) is 0 Å². The van der Waals surface area contributed by atoms with Gasteiger partial charge in [0.25, 0.3) is 0 Å². The Morgan fingerprint density at radius 2 is 2.08 bits per heavy atom. The second kappa shape index (κ2) is 4.66. The Labute approximate surface area is 91.4 Å². The van der Waals surface area contributed by atoms with Gasteiger partial charge in [0.1, 0.15) is 0 Å². The topological polar surface area (TPSA) is 0 Å². The second-order valence-electron chi connectivity index (χ2n) is 2.41. The van der Waals surface area contributed by atoms with Gasteiger partial charge in [-0.1, -0.05) is 40.1 Å². The molecular weight excluding hydrogens is 231 g/mol. The SMILES string of the molecule is CC(SS)c1ccc(Cl)cc1Cl. The fourth-order valence-corrected chi connectivity index (χ4v) is 2.18. The number of rotatable bonds is 2. The first-order chi connectivity index (χ1) is 5.65. The average Bonchev–Trinajstić information content (AvgIpc) is 2.03. The van der Waals surface area contributed by atoms with E-state index in [0.29, 0.717) is 10.0 Å². The molecule has 0 aliphatic rings. The monoisotopic (exact) mass is 238 g/mol. The molecule has 1 aromatic carbocycles. The number of benzene rings is 1. The van der Waals surface area contributed by atoms with E-state index in [4.69, 9.17) is 23.2 Å². The van der Waals surface area contributed by atoms with Crippen molar-refractivity contribution in [2.75, 3.05) is 0 Å². The number of thiol groups is 1. The lowest BCUT2D eigenvalue weighted by atomic mass is 10.2. The minimum absolute atomic E-state index is 0.290. The van der Waals surface area contributed by atoms with E-state index in [1.54, 1.807) is 6.07 Å². The van der Waals surface area contributed by atoms with Crippen molar-refractivity contribution >= 4 is 45.7 Å². The maximum Gasteiger partial charge on any atom is 0.0464 e. The summed E-state index contributed by atoms with van der Waals surface area (Å²) in [7, 11) is 1.46. The lowest BCUT2D eigenvalue weighted by molar-refractivity contribution is 1.11. The minimum Gasteiger partial charge on any atom is -0.111 e. The first kappa shape index (κ1) is 10.6. The van der Waals surface area contributed by atoms with Crippen LogP contribution in [0.5, 0.6) is 0 Å². The van der Waals surface area contributed by atoms with E-state index >= 15 is 0 Å². The molecule has 1 aromatic rings. The molecule has 0 N–H and O–H groups in total. The summed E-state index contributed by atoms with van der Waals surface area (Å²) in [5.74, 6) is 0. The van der Waals surface area contributed by atoms with Crippen LogP contribution in [0.2, 0.25) is 10.0 Å². The Hall–Kier alpha value is 0.500. The number of hydrogen-bond donors (Lipinski definition) is 1. The van der Waals surface area contributed by atoms with Crippen molar-refractivity contribution in [3.8, 4) is 0 Å². The highest BCUT2D eigenvalue weighted by molar-refractivity contribution is 8.68. The Bertz CT molecular complexity index is 276. The Morgan fingerprint density at radius 3 is 2.58 bits per heavy atom. The van der Waals surface area contributed by atoms with Crippen LogP contribution in [-0.4, -0.2) is 0 Å². The predicted octanol–water partition coefficient (Wildman–Crippen LogP) is 4.63. The third-order valence-corrected chi connectivity index (χ3v) is 3.64. The molecule has 0 saturated carbocycles. The van der Waals surface area contributed by atoms with Crippen LogP contribution in [0.1, 0.15) is 17.7 Å². The zero-order chi connectivity index (χ0) is 9.14. The van der Waals surface area contributed by atoms with Crippen LogP contribution < -0.4 is 0 Å². The van der Waals surface area contributed by atoms with E-state index in [9.17, 15) is 0 Å². The van der Waals surface area contributed by atoms with Crippen molar-refractivity contribution in [3.05, 3.63) is 33.8 Å². The van der Waals surface area contributed by atoms with Gasteiger partial charge in [-0.3, -0.25) is 0 Å². The second-order valence-corrected chi connectivity index (χ2v) is 4.81. The lowest BCUT2D eigenvalue weighted by Gasteiger charge is -2.09. The average molecular weight is 239 g/mol. The number of halogens is 2. The molecule has 0 saturated heterocycles. The quantitative estimate of drug-likeness (QED) is 0.579. The lowest BCUT2D eigenvalue weighted by Crippen LogP contribution is -1.86. The molecule has 12 heavy (non-hydrogen) atoms. The van der Waals surface area contributed by atoms with E-state index in [1.807, 2.05) is 19.1 Å². The molecule has 0 aliphatic heterocycles. The summed E-state index contributed by atoms with van der Waals surface area (Å²) < 4.78 is 0. The smallest absolute Gasteiger partial charge is 0.0464 e. The van der Waals surface area contributed by atoms with Crippen LogP contribution in [0.25, 0.3) is 0 Å². The van der Waals surface area contributed by atoms with Crippen LogP contribution in [0.4, 0.5) is 0 Å². The summed E-state index contributed by atoms with van der Waals surface area (Å²) in [4.78, 5) is 0. The molecule has 0 nitrogen and oxygen atoms in total. The third kappa shape index (κ3) is 2.49. The minimum atomic E-state index is 0.290. The highest BCUT2D eigenvalue weighted by Gasteiger charge is 2.08. The van der Waals surface area contributed by atoms with Crippen LogP contribution in [0, 0.1) is 0 Å². The van der Waals surface area contributed by atoms with Crippen LogP contribution >= 0.6 is 45.7 Å². The number of hydrogen-bond acceptors (Lipinski definition) is 2. The Kier molecular flexibility index (Phi) is 4.11. The zero-order valence-electron chi connectivity index (χ0n) is 6.42. The normalized spacial score (nSPS) is 13.0. The molecule has 0 heterocycles. The Morgan fingerprint density at radius 1 is 1.42 bits per heavy atom. The van der Waals surface area contributed by atoms with E-state index < -0.39 is 0 Å². The standard InChI is InChI=1S/C8H8Cl2S2/c1-5(12-11)7-3-2-6(9)4-8(7)10/h2-5,11H,1H3. The maximum atomic E-state index is 5.97. The van der Waals surface area contributed by atoms with Gasteiger partial charge in [0.15, 0.2) is 0 Å². The molecule has 0 bridgehead atoms. The third-order valence-electron chi connectivity index (χ3n) is 1.56. The van der Waals surface area contributed by atoms with E-state index in [-0.39, 0.29) is 5.25 Å². The molecule has 0 amide bonds. The van der Waals surface area contributed by atoms with Gasteiger partial charge in [-0.05, 0) is 24.6 Å². The van der Waals surface area contributed by atoms with Crippen LogP contribution in [-0.2, 0) is 0 Å². The molecule has 1 unspecified atom stereocenters. The van der Waals surface area contributed by atoms with Crippen molar-refractivity contribution < 1.29 is 0 Å². The highest BCUT2D eigenvalue weighted by Crippen LogP contribution is 2.35. The van der Waals surface area contributed by atoms with Gasteiger partial charge in [-0.15, -0.1) is 11.7 Å². The molecule has 4 heteroatoms. The first-order valence-electron chi connectivity index (χ1n) is 3.40. The summed E-state index contributed by atoms with van der Waals surface area (Å²) >= 11 is 15.9. The molecule has 0 fully saturated rings. The van der Waals surface area contributed by atoms with E-state index in [1.165, 1.54) is 10.8 Å². The molecule has 0 spiro atoms. The van der Waals surface area contributed by atoms with Gasteiger partial charge >= 0.3 is 0 Å². The summed E-state index contributed by atoms with van der Waals surface area (Å²) in [6.07, 6.45) is 0. The fraction of sp³-hybridized carbons (Fsp3) is 0.250. The van der Waals surface area contributed by atoms with Gasteiger partial charge in [-0.2, -0.15) is 0 Å². The van der Waals surface area contributed by atoms with Crippen LogP contribution in [0.15, 0.2) is 18.2 Å². The summed E-state index contributed by atoms with van der Waals surface area (Å²) in [5, 5.41) is 1.66. The molecular formula is C8H8Cl2S2. The van der Waals surface area contributed by atoms with Gasteiger partial charge in [0.05, 0.1) is 0 Å². The molecule has 1 atom stereocenters. The van der Waals surface area contributed by atoms with Crippen molar-refractivity contribution in [1.82, 2.24) is 0 Å². The van der Waals surface area contributed by atoms with Crippen molar-refractivity contribution in [2.24, 2.45) is 0 Å². The molecule has 0 aliphatic carbocycles. The first-order valence-corrected chi connectivity index (χ1v) is 6.09. The van der Waals surface area contributed by atoms with Gasteiger partial charge in [0.2, 0.25) is 0 Å². The van der Waals surface area contributed by atoms with Crippen LogP contribution in [0.3, 0.4) is 0 Å². The molecule has 0 aromatic heterocycles. The molecule has 0 radical (unpaired) electrons. The highest BCUT2D eigenvalue weighted by atomic mass is 35.5. The van der Waals surface area contributed by atoms with E-state index in [2.05, 4.69) is 11.7 Å². The largest absolute Gasteiger partial charge is 0.111 e. The summed E-state index contributed by atoms with van der Waals surface area (Å²) in [6.45, 7) is 2.05. The summed E-state index contributed by atoms with van der Waals surface area (Å²) in [6, 6.07) is 5.51. The van der Waals surface area contributed by atoms with Gasteiger partial charge < -0.3 is 0 Å². The zero-order valence-corrected chi connectivity index (χ0v) is 9.64. The van der Waals surface area contributed by atoms with E-state index in [0.717, 1.165) is 5.56 Å². The summed E-state index contributed by atoms with van der Waals surface area (Å²) in [5.41, 5.74) is 1.07. The van der Waals surface area contributed by atoms with Crippen molar-refractivity contribution in [2.45, 2.75) is 12.2 Å². The Balaban J connectivity index is 3.01.